The van der Waals surface area contributed by atoms with E-state index in [0.717, 1.165) is 10.6 Å². The average molecular weight is 336 g/mol. The maximum atomic E-state index is 13.6. The van der Waals surface area contributed by atoms with Crippen molar-refractivity contribution in [3.63, 3.8) is 0 Å². The predicted molar refractivity (Wildman–Crippen MR) is 88.8 cm³/mol. The van der Waals surface area contributed by atoms with Gasteiger partial charge in [0.25, 0.3) is 5.91 Å². The number of nitrogens with zero attached hydrogens (tertiary/aromatic N) is 1. The van der Waals surface area contributed by atoms with E-state index in [1.165, 1.54) is 31.3 Å². The smallest absolute Gasteiger partial charge is 0.255 e. The molecular weight excluding hydrogens is 319 g/mol. The molecule has 0 fully saturated rings. The zero-order valence-corrected chi connectivity index (χ0v) is 13.8. The standard InChI is InChI=1S/C16H17FN2O3S/c1-11-10-12(8-9-15(11)19(2)23(3,21)22)16(20)18-14-7-5-4-6-13(14)17/h4-10H,1-3H3,(H,18,20). The number of carbonyl (C=O) groups is 1. The molecule has 0 saturated heterocycles. The van der Waals surface area contributed by atoms with Gasteiger partial charge in [0.15, 0.2) is 0 Å². The van der Waals surface area contributed by atoms with E-state index in [4.69, 9.17) is 0 Å². The molecule has 0 aromatic heterocycles. The van der Waals surface area contributed by atoms with Crippen LogP contribution in [0.15, 0.2) is 42.5 Å². The summed E-state index contributed by atoms with van der Waals surface area (Å²) in [5.41, 5.74) is 1.51. The number of hydrogen-bond donors (Lipinski definition) is 1. The first-order chi connectivity index (χ1) is 10.7. The molecule has 0 aliphatic rings. The van der Waals surface area contributed by atoms with Crippen molar-refractivity contribution in [2.45, 2.75) is 6.92 Å². The van der Waals surface area contributed by atoms with E-state index in [2.05, 4.69) is 5.32 Å². The predicted octanol–water partition coefficient (Wildman–Crippen LogP) is 2.78. The highest BCUT2D eigenvalue weighted by molar-refractivity contribution is 7.92. The number of aryl methyl sites for hydroxylation is 1. The Balaban J connectivity index is 2.27. The molecule has 0 atom stereocenters. The van der Waals surface area contributed by atoms with Crippen molar-refractivity contribution in [2.75, 3.05) is 22.9 Å². The van der Waals surface area contributed by atoms with Gasteiger partial charge in [-0.2, -0.15) is 0 Å². The van der Waals surface area contributed by atoms with Gasteiger partial charge >= 0.3 is 0 Å². The molecule has 0 radical (unpaired) electrons. The average Bonchev–Trinajstić information content (AvgIpc) is 2.48. The lowest BCUT2D eigenvalue weighted by Gasteiger charge is -2.19. The molecule has 0 aliphatic carbocycles. The number of hydrogen-bond acceptors (Lipinski definition) is 3. The lowest BCUT2D eigenvalue weighted by atomic mass is 10.1. The van der Waals surface area contributed by atoms with Crippen LogP contribution >= 0.6 is 0 Å². The van der Waals surface area contributed by atoms with Crippen LogP contribution in [0.5, 0.6) is 0 Å². The van der Waals surface area contributed by atoms with E-state index < -0.39 is 21.7 Å². The van der Waals surface area contributed by atoms with Crippen LogP contribution in [0.25, 0.3) is 0 Å². The van der Waals surface area contributed by atoms with Gasteiger partial charge in [0.1, 0.15) is 5.82 Å². The summed E-state index contributed by atoms with van der Waals surface area (Å²) >= 11 is 0. The number of halogens is 1. The summed E-state index contributed by atoms with van der Waals surface area (Å²) < 4.78 is 37.9. The second-order valence-corrected chi connectivity index (χ2v) is 7.18. The Labute approximate surface area is 134 Å². The van der Waals surface area contributed by atoms with Crippen molar-refractivity contribution < 1.29 is 17.6 Å². The third kappa shape index (κ3) is 3.87. The molecule has 0 heterocycles. The number of nitrogens with one attached hydrogen (secondary N) is 1. The quantitative estimate of drug-likeness (QED) is 0.933. The zero-order valence-electron chi connectivity index (χ0n) is 13.0. The highest BCUT2D eigenvalue weighted by Gasteiger charge is 2.16. The van der Waals surface area contributed by atoms with Gasteiger partial charge in [-0.25, -0.2) is 12.8 Å². The maximum absolute atomic E-state index is 13.6. The van der Waals surface area contributed by atoms with E-state index >= 15 is 0 Å². The number of sulfonamides is 1. The molecule has 0 spiro atoms. The fourth-order valence-corrected chi connectivity index (χ4v) is 2.65. The number of anilines is 2. The fourth-order valence-electron chi connectivity index (χ4n) is 2.09. The molecule has 23 heavy (non-hydrogen) atoms. The molecule has 0 aliphatic heterocycles. The number of rotatable bonds is 4. The zero-order chi connectivity index (χ0) is 17.2. The topological polar surface area (TPSA) is 66.5 Å². The van der Waals surface area contributed by atoms with Crippen LogP contribution in [0.3, 0.4) is 0 Å². The Morgan fingerprint density at radius 1 is 1.17 bits per heavy atom. The first-order valence-electron chi connectivity index (χ1n) is 6.80. The SMILES string of the molecule is Cc1cc(C(=O)Nc2ccccc2F)ccc1N(C)S(C)(=O)=O. The van der Waals surface area contributed by atoms with Crippen LogP contribution in [0.4, 0.5) is 15.8 Å². The Morgan fingerprint density at radius 2 is 1.83 bits per heavy atom. The van der Waals surface area contributed by atoms with Gasteiger partial charge in [-0.1, -0.05) is 12.1 Å². The van der Waals surface area contributed by atoms with Crippen molar-refractivity contribution in [3.05, 3.63) is 59.4 Å². The Hall–Kier alpha value is -2.41. The summed E-state index contributed by atoms with van der Waals surface area (Å²) in [7, 11) is -1.94. The summed E-state index contributed by atoms with van der Waals surface area (Å²) in [5.74, 6) is -0.988. The first kappa shape index (κ1) is 17.0. The lowest BCUT2D eigenvalue weighted by Crippen LogP contribution is -2.25. The molecule has 0 unspecified atom stereocenters. The Morgan fingerprint density at radius 3 is 2.39 bits per heavy atom. The summed E-state index contributed by atoms with van der Waals surface area (Å²) in [6.45, 7) is 1.71. The van der Waals surface area contributed by atoms with Crippen molar-refractivity contribution in [3.8, 4) is 0 Å². The first-order valence-corrected chi connectivity index (χ1v) is 8.65. The van der Waals surface area contributed by atoms with Crippen molar-refractivity contribution >= 4 is 27.3 Å². The largest absolute Gasteiger partial charge is 0.319 e. The van der Waals surface area contributed by atoms with Crippen LogP contribution in [-0.2, 0) is 10.0 Å². The molecule has 2 aromatic carbocycles. The van der Waals surface area contributed by atoms with Crippen LogP contribution < -0.4 is 9.62 Å². The van der Waals surface area contributed by atoms with Crippen molar-refractivity contribution in [1.82, 2.24) is 0 Å². The van der Waals surface area contributed by atoms with Gasteiger partial charge < -0.3 is 5.32 Å². The van der Waals surface area contributed by atoms with Crippen molar-refractivity contribution in [2.24, 2.45) is 0 Å². The summed E-state index contributed by atoms with van der Waals surface area (Å²) in [5, 5.41) is 2.49. The third-order valence-corrected chi connectivity index (χ3v) is 4.61. The molecule has 122 valence electrons. The van der Waals surface area contributed by atoms with Gasteiger partial charge in [-0.3, -0.25) is 9.10 Å². The summed E-state index contributed by atoms with van der Waals surface area (Å²) in [6.07, 6.45) is 1.10. The molecule has 2 aromatic rings. The Kier molecular flexibility index (Phi) is 4.70. The van der Waals surface area contributed by atoms with Crippen LogP contribution in [-0.4, -0.2) is 27.6 Å². The highest BCUT2D eigenvalue weighted by atomic mass is 32.2. The molecule has 5 nitrogen and oxygen atoms in total. The van der Waals surface area contributed by atoms with Gasteiger partial charge in [-0.05, 0) is 42.8 Å². The normalized spacial score (nSPS) is 11.1. The van der Waals surface area contributed by atoms with E-state index in [0.29, 0.717) is 16.8 Å². The summed E-state index contributed by atoms with van der Waals surface area (Å²) in [6, 6.07) is 10.5. The van der Waals surface area contributed by atoms with E-state index in [1.807, 2.05) is 0 Å². The highest BCUT2D eigenvalue weighted by Crippen LogP contribution is 2.23. The molecule has 1 amide bonds. The van der Waals surface area contributed by atoms with Crippen LogP contribution in [0.1, 0.15) is 15.9 Å². The lowest BCUT2D eigenvalue weighted by molar-refractivity contribution is 0.102. The molecule has 0 saturated carbocycles. The second kappa shape index (κ2) is 6.37. The molecule has 7 heteroatoms. The molecule has 0 bridgehead atoms. The van der Waals surface area contributed by atoms with Crippen LogP contribution in [0, 0.1) is 12.7 Å². The maximum Gasteiger partial charge on any atom is 0.255 e. The number of benzene rings is 2. The van der Waals surface area contributed by atoms with E-state index in [9.17, 15) is 17.6 Å². The second-order valence-electron chi connectivity index (χ2n) is 5.17. The Bertz CT molecular complexity index is 850. The number of amides is 1. The molecule has 1 N–H and O–H groups in total. The monoisotopic (exact) mass is 336 g/mol. The van der Waals surface area contributed by atoms with Gasteiger partial charge in [-0.15, -0.1) is 0 Å². The van der Waals surface area contributed by atoms with Gasteiger partial charge in [0.2, 0.25) is 10.0 Å². The van der Waals surface area contributed by atoms with Gasteiger partial charge in [0, 0.05) is 12.6 Å². The third-order valence-electron chi connectivity index (χ3n) is 3.42. The van der Waals surface area contributed by atoms with Gasteiger partial charge in [0.05, 0.1) is 17.6 Å². The molecular formula is C16H17FN2O3S. The van der Waals surface area contributed by atoms with Crippen LogP contribution in [0.2, 0.25) is 0 Å². The fraction of sp³-hybridized carbons (Fsp3) is 0.188. The number of para-hydroxylation sites is 1. The van der Waals surface area contributed by atoms with E-state index in [1.54, 1.807) is 25.1 Å². The van der Waals surface area contributed by atoms with E-state index in [-0.39, 0.29) is 5.69 Å². The summed E-state index contributed by atoms with van der Waals surface area (Å²) in [4.78, 5) is 12.2. The minimum Gasteiger partial charge on any atom is -0.319 e. The number of carbonyl (C=O) groups excluding carboxylic acids is 1. The van der Waals surface area contributed by atoms with Crippen molar-refractivity contribution in [1.29, 1.82) is 0 Å². The molecule has 2 rings (SSSR count). The minimum atomic E-state index is -3.38. The minimum absolute atomic E-state index is 0.0903.